The fraction of sp³-hybridized carbons (Fsp3) is 0.442. The minimum atomic E-state index is -4.34. The van der Waals surface area contributed by atoms with Gasteiger partial charge in [0.1, 0.15) is 12.2 Å². The highest BCUT2D eigenvalue weighted by Gasteiger charge is 2.32. The second kappa shape index (κ2) is 23.6. The van der Waals surface area contributed by atoms with E-state index in [1.54, 1.807) is 49.1 Å². The van der Waals surface area contributed by atoms with E-state index in [2.05, 4.69) is 45.6 Å². The predicted octanol–water partition coefficient (Wildman–Crippen LogP) is 8.57. The van der Waals surface area contributed by atoms with E-state index < -0.39 is 23.5 Å². The molecule has 5 aromatic rings. The van der Waals surface area contributed by atoms with Crippen LogP contribution in [0.3, 0.4) is 0 Å². The van der Waals surface area contributed by atoms with Crippen molar-refractivity contribution >= 4 is 23.2 Å². The van der Waals surface area contributed by atoms with E-state index in [4.69, 9.17) is 9.47 Å². The number of pyridine rings is 3. The van der Waals surface area contributed by atoms with Crippen molar-refractivity contribution in [3.63, 3.8) is 0 Å². The summed E-state index contributed by atoms with van der Waals surface area (Å²) in [5.74, 6) is 0.562. The number of hydrogen-bond donors (Lipinski definition) is 3. The first-order chi connectivity index (χ1) is 34.2. The summed E-state index contributed by atoms with van der Waals surface area (Å²) in [6.07, 6.45) is 4.42. The summed E-state index contributed by atoms with van der Waals surface area (Å²) >= 11 is 0. The van der Waals surface area contributed by atoms with Crippen LogP contribution in [0.2, 0.25) is 0 Å². The number of piperidine rings is 4. The topological polar surface area (TPSA) is 137 Å². The number of halogens is 6. The van der Waals surface area contributed by atoms with Crippen molar-refractivity contribution < 1.29 is 45.4 Å². The van der Waals surface area contributed by atoms with Gasteiger partial charge in [0.25, 0.3) is 11.8 Å². The molecule has 378 valence electrons. The summed E-state index contributed by atoms with van der Waals surface area (Å²) in [4.78, 5) is 44.6. The molecule has 2 aromatic carbocycles. The zero-order valence-corrected chi connectivity index (χ0v) is 39.3. The Hall–Kier alpha value is -6.47. The van der Waals surface area contributed by atoms with Gasteiger partial charge in [0.2, 0.25) is 11.8 Å². The van der Waals surface area contributed by atoms with Crippen molar-refractivity contribution in [2.24, 2.45) is 0 Å². The van der Waals surface area contributed by atoms with Crippen molar-refractivity contribution in [2.45, 2.75) is 94.6 Å². The lowest BCUT2D eigenvalue weighted by molar-refractivity contribution is -0.138. The zero-order valence-electron chi connectivity index (χ0n) is 39.3. The van der Waals surface area contributed by atoms with Crippen LogP contribution < -0.4 is 35.2 Å². The number of rotatable bonds is 12. The highest BCUT2D eigenvalue weighted by Crippen LogP contribution is 2.33. The van der Waals surface area contributed by atoms with Crippen LogP contribution in [0.4, 0.5) is 37.7 Å². The Bertz CT molecular complexity index is 2470. The van der Waals surface area contributed by atoms with Crippen LogP contribution in [-0.4, -0.2) is 108 Å². The molecule has 0 saturated carbocycles. The summed E-state index contributed by atoms with van der Waals surface area (Å²) < 4.78 is 88.8. The maximum absolute atomic E-state index is 12.9. The van der Waals surface area contributed by atoms with Crippen LogP contribution in [0.1, 0.15) is 88.8 Å². The molecular formula is C52H59F6N9O4. The smallest absolute Gasteiger partial charge is 0.416 e. The van der Waals surface area contributed by atoms with E-state index in [-0.39, 0.29) is 36.1 Å². The number of nitrogens with one attached hydrogen (secondary N) is 3. The fourth-order valence-electron chi connectivity index (χ4n) is 9.24. The van der Waals surface area contributed by atoms with E-state index in [1.807, 2.05) is 12.1 Å². The Morgan fingerprint density at radius 3 is 1.39 bits per heavy atom. The number of benzene rings is 2. The molecule has 3 aromatic heterocycles. The Morgan fingerprint density at radius 2 is 0.972 bits per heavy atom. The van der Waals surface area contributed by atoms with Gasteiger partial charge in [-0.3, -0.25) is 19.5 Å². The number of alkyl halides is 6. The largest absolute Gasteiger partial charge is 0.474 e. The number of likely N-dealkylation sites (tertiary alicyclic amines) is 1. The molecule has 0 bridgehead atoms. The molecular weight excluding hydrogens is 929 g/mol. The van der Waals surface area contributed by atoms with Crippen LogP contribution in [0.5, 0.6) is 11.8 Å². The monoisotopic (exact) mass is 987 g/mol. The number of hydrogen-bond acceptors (Lipinski definition) is 11. The van der Waals surface area contributed by atoms with Gasteiger partial charge in [-0.15, -0.1) is 0 Å². The summed E-state index contributed by atoms with van der Waals surface area (Å²) in [6.45, 7) is 7.20. The molecule has 9 rings (SSSR count). The number of amides is 2. The van der Waals surface area contributed by atoms with Gasteiger partial charge in [0, 0.05) is 143 Å². The Kier molecular flexibility index (Phi) is 16.9. The van der Waals surface area contributed by atoms with Gasteiger partial charge in [-0.2, -0.15) is 26.3 Å². The van der Waals surface area contributed by atoms with Crippen molar-refractivity contribution in [1.29, 1.82) is 0 Å². The highest BCUT2D eigenvalue weighted by molar-refractivity contribution is 5.95. The van der Waals surface area contributed by atoms with Gasteiger partial charge >= 0.3 is 12.4 Å². The first-order valence-corrected chi connectivity index (χ1v) is 24.3. The summed E-state index contributed by atoms with van der Waals surface area (Å²) in [6, 6.07) is 21.6. The SMILES string of the molecule is O=C(NC1CCN(Cc2ccncc2)CC1)c1ccnc(OC2CCN(c3ccc(C(F)(F)F)cc3)CC2)c1.O=C(NC1CCNCC1)c1ccnc(OC2CCN(c3ccc(C(F)(F)F)cc3)CC2)c1. The molecule has 2 amide bonds. The molecule has 0 atom stereocenters. The number of carbonyl (C=O) groups excluding carboxylic acids is 2. The summed E-state index contributed by atoms with van der Waals surface area (Å²) in [7, 11) is 0. The zero-order chi connectivity index (χ0) is 49.8. The van der Waals surface area contributed by atoms with Gasteiger partial charge in [0.05, 0.1) is 11.1 Å². The molecule has 0 spiro atoms. The van der Waals surface area contributed by atoms with Gasteiger partial charge in [-0.05, 0) is 117 Å². The molecule has 4 aliphatic heterocycles. The van der Waals surface area contributed by atoms with E-state index in [0.717, 1.165) is 94.0 Å². The molecule has 19 heteroatoms. The lowest BCUT2D eigenvalue weighted by atomic mass is 10.0. The fourth-order valence-corrected chi connectivity index (χ4v) is 9.24. The lowest BCUT2D eigenvalue weighted by Gasteiger charge is -2.33. The van der Waals surface area contributed by atoms with Crippen LogP contribution in [0, 0.1) is 0 Å². The van der Waals surface area contributed by atoms with Gasteiger partial charge in [-0.1, -0.05) is 0 Å². The average Bonchev–Trinajstić information content (AvgIpc) is 3.38. The molecule has 71 heavy (non-hydrogen) atoms. The molecule has 3 N–H and O–H groups in total. The molecule has 0 aliphatic carbocycles. The summed E-state index contributed by atoms with van der Waals surface area (Å²) in [5, 5.41) is 9.49. The molecule has 4 fully saturated rings. The third-order valence-corrected chi connectivity index (χ3v) is 13.3. The van der Waals surface area contributed by atoms with Gasteiger partial charge in [0.15, 0.2) is 0 Å². The first kappa shape index (κ1) is 50.9. The maximum Gasteiger partial charge on any atom is 0.416 e. The molecule has 7 heterocycles. The Morgan fingerprint density at radius 1 is 0.549 bits per heavy atom. The number of nitrogens with zero attached hydrogens (tertiary/aromatic N) is 6. The molecule has 0 unspecified atom stereocenters. The second-order valence-corrected chi connectivity index (χ2v) is 18.3. The van der Waals surface area contributed by atoms with Gasteiger partial charge < -0.3 is 35.2 Å². The molecule has 13 nitrogen and oxygen atoms in total. The van der Waals surface area contributed by atoms with Crippen LogP contribution >= 0.6 is 0 Å². The van der Waals surface area contributed by atoms with Crippen molar-refractivity contribution in [2.75, 3.05) is 62.2 Å². The number of ether oxygens (including phenoxy) is 2. The maximum atomic E-state index is 12.9. The van der Waals surface area contributed by atoms with E-state index >= 15 is 0 Å². The van der Waals surface area contributed by atoms with E-state index in [0.29, 0.717) is 74.7 Å². The first-order valence-electron chi connectivity index (χ1n) is 24.3. The Labute approximate surface area is 409 Å². The Balaban J connectivity index is 0.000000194. The van der Waals surface area contributed by atoms with Crippen LogP contribution in [0.25, 0.3) is 0 Å². The van der Waals surface area contributed by atoms with Crippen molar-refractivity contribution in [3.05, 3.63) is 138 Å². The van der Waals surface area contributed by atoms with Crippen molar-refractivity contribution in [1.82, 2.24) is 35.8 Å². The number of anilines is 2. The minimum absolute atomic E-state index is 0.0593. The van der Waals surface area contributed by atoms with E-state index in [9.17, 15) is 35.9 Å². The van der Waals surface area contributed by atoms with Crippen molar-refractivity contribution in [3.8, 4) is 11.8 Å². The molecule has 4 saturated heterocycles. The van der Waals surface area contributed by atoms with E-state index in [1.165, 1.54) is 29.8 Å². The quantitative estimate of drug-likeness (QED) is 0.104. The highest BCUT2D eigenvalue weighted by atomic mass is 19.4. The van der Waals surface area contributed by atoms with Crippen LogP contribution in [0.15, 0.2) is 110 Å². The van der Waals surface area contributed by atoms with Gasteiger partial charge in [-0.25, -0.2) is 9.97 Å². The molecule has 4 aliphatic rings. The number of carbonyl (C=O) groups is 2. The second-order valence-electron chi connectivity index (χ2n) is 18.3. The summed E-state index contributed by atoms with van der Waals surface area (Å²) in [5.41, 5.74) is 2.52. The third kappa shape index (κ3) is 14.8. The average molecular weight is 988 g/mol. The normalized spacial score (nSPS) is 18.0. The standard InChI is InChI=1S/C29H32F3N5O2.C23H27F3N4O2/c30-29(31,32)23-1-3-25(4-2-23)37-17-10-26(11-18-37)39-27-19-22(7-14-34-27)28(38)35-24-8-15-36(16-9-24)20-21-5-12-33-13-6-21;24-23(25,26)17-1-3-19(4-2-17)30-13-8-20(9-14-30)32-21-15-16(5-12-28-21)22(31)29-18-6-10-27-11-7-18/h1-7,12-14,19,24,26H,8-11,15-18,20H2,(H,35,38);1-5,12,15,18,20,27H,6-11,13-14H2,(H,29,31). The minimum Gasteiger partial charge on any atom is -0.474 e. The van der Waals surface area contributed by atoms with Crippen LogP contribution in [-0.2, 0) is 18.9 Å². The molecule has 0 radical (unpaired) electrons. The predicted molar refractivity (Wildman–Crippen MR) is 256 cm³/mol. The number of aromatic nitrogens is 3. The lowest BCUT2D eigenvalue weighted by Crippen LogP contribution is -2.44. The third-order valence-electron chi connectivity index (χ3n) is 13.3.